The molecule has 0 aromatic rings. The molecule has 0 aromatic heterocycles. The average Bonchev–Trinajstić information content (AvgIpc) is 3.39. The van der Waals surface area contributed by atoms with Gasteiger partial charge in [-0.3, -0.25) is 9.59 Å². The van der Waals surface area contributed by atoms with Gasteiger partial charge in [-0.1, -0.05) is 52.0 Å². The minimum Gasteiger partial charge on any atom is -0.462 e. The van der Waals surface area contributed by atoms with Gasteiger partial charge in [0.2, 0.25) is 0 Å². The first-order chi connectivity index (χ1) is 13.2. The summed E-state index contributed by atoms with van der Waals surface area (Å²) in [5.41, 5.74) is 3.05. The molecule has 166 valence electrons. The first kappa shape index (κ1) is 25.5. The Bertz CT molecular complexity index is 616. The number of ether oxygens (including phenoxy) is 2. The van der Waals surface area contributed by atoms with Gasteiger partial charge in [-0.25, -0.2) is 0 Å². The molecular weight excluding hydrogens is 364 g/mol. The van der Waals surface area contributed by atoms with Crippen LogP contribution in [0.1, 0.15) is 87.0 Å². The van der Waals surface area contributed by atoms with Crippen molar-refractivity contribution in [2.75, 3.05) is 6.61 Å². The van der Waals surface area contributed by atoms with E-state index < -0.39 is 0 Å². The molecule has 3 aliphatic rings. The lowest BCUT2D eigenvalue weighted by atomic mass is 9.91. The highest BCUT2D eigenvalue weighted by molar-refractivity contribution is 5.75. The van der Waals surface area contributed by atoms with E-state index in [4.69, 9.17) is 9.47 Å². The highest BCUT2D eigenvalue weighted by Gasteiger charge is 2.48. The summed E-state index contributed by atoms with van der Waals surface area (Å²) in [6.07, 6.45) is 9.76. The fraction of sp³-hybridized carbons (Fsp3) is 0.760. The third-order valence-corrected chi connectivity index (χ3v) is 6.80. The Morgan fingerprint density at radius 1 is 1.21 bits per heavy atom. The number of rotatable bonds is 7. The number of hydrogen-bond acceptors (Lipinski definition) is 4. The van der Waals surface area contributed by atoms with E-state index >= 15 is 0 Å². The Hall–Kier alpha value is -1.58. The summed E-state index contributed by atoms with van der Waals surface area (Å²) >= 11 is 0. The largest absolute Gasteiger partial charge is 0.462 e. The molecule has 0 saturated heterocycles. The van der Waals surface area contributed by atoms with Crippen LogP contribution in [-0.4, -0.2) is 24.6 Å². The predicted molar refractivity (Wildman–Crippen MR) is 118 cm³/mol. The van der Waals surface area contributed by atoms with E-state index in [2.05, 4.69) is 6.58 Å². The molecule has 0 heterocycles. The van der Waals surface area contributed by atoms with Gasteiger partial charge in [0.1, 0.15) is 12.7 Å². The van der Waals surface area contributed by atoms with Crippen LogP contribution in [0.5, 0.6) is 0 Å². The van der Waals surface area contributed by atoms with Crippen LogP contribution in [0.15, 0.2) is 23.8 Å². The lowest BCUT2D eigenvalue weighted by Gasteiger charge is -2.25. The highest BCUT2D eigenvalue weighted by atomic mass is 16.5. The molecule has 1 fully saturated rings. The monoisotopic (exact) mass is 406 g/mol. The van der Waals surface area contributed by atoms with Crippen molar-refractivity contribution < 1.29 is 19.1 Å². The summed E-state index contributed by atoms with van der Waals surface area (Å²) in [4.78, 5) is 23.0. The van der Waals surface area contributed by atoms with E-state index in [0.29, 0.717) is 12.5 Å². The van der Waals surface area contributed by atoms with E-state index in [-0.39, 0.29) is 36.8 Å². The SMILES string of the molecule is C.C=CCOC(=O)C(C)(C)CC.CCC(C)C(=O)OC1CC2CC1C1=C2CCC1. The van der Waals surface area contributed by atoms with Crippen LogP contribution in [0.25, 0.3) is 0 Å². The number of allylic oxidation sites excluding steroid dienone is 1. The molecule has 0 N–H and O–H groups in total. The topological polar surface area (TPSA) is 52.6 Å². The van der Waals surface area contributed by atoms with E-state index in [1.165, 1.54) is 25.7 Å². The molecule has 0 aromatic carbocycles. The molecule has 3 rings (SSSR count). The summed E-state index contributed by atoms with van der Waals surface area (Å²) in [5.74, 6) is 1.27. The minimum atomic E-state index is -0.358. The van der Waals surface area contributed by atoms with Crippen molar-refractivity contribution in [3.63, 3.8) is 0 Å². The van der Waals surface area contributed by atoms with Crippen molar-refractivity contribution in [1.29, 1.82) is 0 Å². The number of hydrogen-bond donors (Lipinski definition) is 0. The van der Waals surface area contributed by atoms with E-state index in [9.17, 15) is 9.59 Å². The summed E-state index contributed by atoms with van der Waals surface area (Å²) in [7, 11) is 0. The van der Waals surface area contributed by atoms with Crippen molar-refractivity contribution in [3.8, 4) is 0 Å². The number of carbonyl (C=O) groups is 2. The minimum absolute atomic E-state index is 0. The van der Waals surface area contributed by atoms with Gasteiger partial charge < -0.3 is 9.47 Å². The molecule has 29 heavy (non-hydrogen) atoms. The number of carbonyl (C=O) groups excluding carboxylic acids is 2. The zero-order valence-corrected chi connectivity index (χ0v) is 18.4. The number of esters is 2. The van der Waals surface area contributed by atoms with Crippen LogP contribution >= 0.6 is 0 Å². The van der Waals surface area contributed by atoms with Crippen molar-refractivity contribution >= 4 is 11.9 Å². The molecular formula is C25H42O4. The van der Waals surface area contributed by atoms with Gasteiger partial charge in [0, 0.05) is 5.92 Å². The Morgan fingerprint density at radius 3 is 2.45 bits per heavy atom. The van der Waals surface area contributed by atoms with Crippen molar-refractivity contribution in [1.82, 2.24) is 0 Å². The van der Waals surface area contributed by atoms with E-state index in [0.717, 1.165) is 25.2 Å². The van der Waals surface area contributed by atoms with Gasteiger partial charge in [-0.15, -0.1) is 0 Å². The lowest BCUT2D eigenvalue weighted by molar-refractivity contribution is -0.155. The van der Waals surface area contributed by atoms with Gasteiger partial charge in [0.05, 0.1) is 11.3 Å². The second kappa shape index (κ2) is 11.0. The zero-order chi connectivity index (χ0) is 20.9. The molecule has 0 radical (unpaired) electrons. The van der Waals surface area contributed by atoms with Crippen molar-refractivity contribution in [2.45, 2.75) is 93.1 Å². The van der Waals surface area contributed by atoms with Crippen LogP contribution in [0.3, 0.4) is 0 Å². The van der Waals surface area contributed by atoms with Gasteiger partial charge in [-0.05, 0) is 64.7 Å². The van der Waals surface area contributed by atoms with Gasteiger partial charge in [0.15, 0.2) is 0 Å². The Labute approximate surface area is 178 Å². The predicted octanol–water partition coefficient (Wildman–Crippen LogP) is 6.25. The average molecular weight is 407 g/mol. The maximum Gasteiger partial charge on any atom is 0.311 e. The first-order valence-electron chi connectivity index (χ1n) is 11.0. The van der Waals surface area contributed by atoms with Gasteiger partial charge in [0.25, 0.3) is 0 Å². The fourth-order valence-corrected chi connectivity index (χ4v) is 4.37. The summed E-state index contributed by atoms with van der Waals surface area (Å²) in [5, 5.41) is 0. The van der Waals surface area contributed by atoms with Crippen LogP contribution in [0.4, 0.5) is 0 Å². The van der Waals surface area contributed by atoms with Crippen LogP contribution < -0.4 is 0 Å². The van der Waals surface area contributed by atoms with Gasteiger partial charge in [-0.2, -0.15) is 0 Å². The van der Waals surface area contributed by atoms with Crippen molar-refractivity contribution in [3.05, 3.63) is 23.8 Å². The van der Waals surface area contributed by atoms with Gasteiger partial charge >= 0.3 is 11.9 Å². The van der Waals surface area contributed by atoms with E-state index in [1.54, 1.807) is 17.2 Å². The highest BCUT2D eigenvalue weighted by Crippen LogP contribution is 2.55. The van der Waals surface area contributed by atoms with Crippen LogP contribution in [0.2, 0.25) is 0 Å². The second-order valence-electron chi connectivity index (χ2n) is 9.09. The third-order valence-electron chi connectivity index (χ3n) is 6.80. The normalized spacial score (nSPS) is 25.3. The maximum atomic E-state index is 11.9. The van der Waals surface area contributed by atoms with Crippen molar-refractivity contribution in [2.24, 2.45) is 23.2 Å². The molecule has 0 amide bonds. The van der Waals surface area contributed by atoms with E-state index in [1.807, 2.05) is 34.6 Å². The molecule has 0 aliphatic heterocycles. The molecule has 0 spiro atoms. The molecule has 4 unspecified atom stereocenters. The zero-order valence-electron chi connectivity index (χ0n) is 18.4. The molecule has 4 heteroatoms. The Kier molecular flexibility index (Phi) is 9.64. The standard InChI is InChI=1S/C15H22O2.C9H16O2.CH4/c1-3-9(2)15(16)17-14-8-10-7-13(14)12-6-4-5-11(10)12;1-5-7-11-8(10)9(3,4)6-2;/h9-10,13-14H,3-8H2,1-2H3;5H,1,6-7H2,2-4H3;1H4. The quantitative estimate of drug-likeness (QED) is 0.370. The maximum absolute atomic E-state index is 11.9. The Balaban J connectivity index is 0.000000310. The fourth-order valence-electron chi connectivity index (χ4n) is 4.37. The number of fused-ring (bicyclic) bond motifs is 4. The summed E-state index contributed by atoms with van der Waals surface area (Å²) in [6.45, 7) is 13.5. The first-order valence-corrected chi connectivity index (χ1v) is 11.0. The Morgan fingerprint density at radius 2 is 1.86 bits per heavy atom. The molecule has 2 bridgehead atoms. The molecule has 4 atom stereocenters. The molecule has 4 nitrogen and oxygen atoms in total. The van der Waals surface area contributed by atoms with Crippen LogP contribution in [0, 0.1) is 23.2 Å². The third kappa shape index (κ3) is 5.96. The molecule has 3 aliphatic carbocycles. The second-order valence-corrected chi connectivity index (χ2v) is 9.09. The summed E-state index contributed by atoms with van der Waals surface area (Å²) < 4.78 is 10.6. The molecule has 1 saturated carbocycles. The summed E-state index contributed by atoms with van der Waals surface area (Å²) in [6, 6.07) is 0. The lowest BCUT2D eigenvalue weighted by Crippen LogP contribution is -2.27. The smallest absolute Gasteiger partial charge is 0.311 e. The van der Waals surface area contributed by atoms with Crippen LogP contribution in [-0.2, 0) is 19.1 Å².